The molecule has 7 heteroatoms. The van der Waals surface area contributed by atoms with Crippen LogP contribution in [0.15, 0.2) is 41.8 Å². The van der Waals surface area contributed by atoms with E-state index in [1.807, 2.05) is 31.4 Å². The van der Waals surface area contributed by atoms with E-state index in [0.717, 1.165) is 4.88 Å². The summed E-state index contributed by atoms with van der Waals surface area (Å²) in [5.41, 5.74) is 0.543. The minimum Gasteiger partial charge on any atom is -0.491 e. The van der Waals surface area contributed by atoms with Crippen molar-refractivity contribution < 1.29 is 17.9 Å². The number of amides is 1. The van der Waals surface area contributed by atoms with Gasteiger partial charge >= 0.3 is 0 Å². The molecule has 1 fully saturated rings. The molecule has 2 aromatic rings. The van der Waals surface area contributed by atoms with Crippen LogP contribution in [0.2, 0.25) is 0 Å². The Hall–Kier alpha value is -1.86. The molecule has 5 nitrogen and oxygen atoms in total. The van der Waals surface area contributed by atoms with Crippen LogP contribution in [0.4, 0.5) is 0 Å². The molecule has 0 unspecified atom stereocenters. The van der Waals surface area contributed by atoms with Gasteiger partial charge in [0.05, 0.1) is 24.2 Å². The van der Waals surface area contributed by atoms with Crippen molar-refractivity contribution in [2.24, 2.45) is 0 Å². The van der Waals surface area contributed by atoms with Gasteiger partial charge in [-0.15, -0.1) is 11.3 Å². The Kier molecular flexibility index (Phi) is 5.67. The zero-order valence-corrected chi connectivity index (χ0v) is 16.6. The van der Waals surface area contributed by atoms with Crippen molar-refractivity contribution in [1.82, 2.24) is 4.90 Å². The number of hydrogen-bond donors (Lipinski definition) is 0. The van der Waals surface area contributed by atoms with E-state index in [9.17, 15) is 13.2 Å². The number of carbonyl (C=O) groups excluding carboxylic acids is 1. The Labute approximate surface area is 158 Å². The van der Waals surface area contributed by atoms with Crippen molar-refractivity contribution in [3.05, 3.63) is 52.2 Å². The molecule has 1 saturated heterocycles. The highest BCUT2D eigenvalue weighted by atomic mass is 32.2. The number of ether oxygens (including phenoxy) is 1. The molecule has 0 radical (unpaired) electrons. The molecule has 0 aliphatic carbocycles. The quantitative estimate of drug-likeness (QED) is 0.755. The third-order valence-electron chi connectivity index (χ3n) is 4.29. The molecule has 140 valence electrons. The van der Waals surface area contributed by atoms with Crippen molar-refractivity contribution >= 4 is 27.1 Å². The molecule has 1 aromatic carbocycles. The topological polar surface area (TPSA) is 63.7 Å². The van der Waals surface area contributed by atoms with E-state index in [1.165, 1.54) is 0 Å². The molecule has 0 spiro atoms. The molecule has 3 rings (SSSR count). The molecule has 1 amide bonds. The molecule has 0 bridgehead atoms. The first-order valence-electron chi connectivity index (χ1n) is 8.64. The van der Waals surface area contributed by atoms with Crippen molar-refractivity contribution in [2.45, 2.75) is 39.0 Å². The van der Waals surface area contributed by atoms with Crippen LogP contribution in [0, 0.1) is 0 Å². The Morgan fingerprint density at radius 1 is 1.27 bits per heavy atom. The maximum Gasteiger partial charge on any atom is 0.254 e. The highest BCUT2D eigenvalue weighted by molar-refractivity contribution is 7.91. The van der Waals surface area contributed by atoms with Gasteiger partial charge in [-0.05, 0) is 56.0 Å². The molecule has 0 N–H and O–H groups in total. The fraction of sp³-hybridized carbons (Fsp3) is 0.421. The molecule has 26 heavy (non-hydrogen) atoms. The van der Waals surface area contributed by atoms with Crippen LogP contribution in [0.5, 0.6) is 5.75 Å². The van der Waals surface area contributed by atoms with E-state index in [2.05, 4.69) is 0 Å². The van der Waals surface area contributed by atoms with Crippen LogP contribution in [0.3, 0.4) is 0 Å². The van der Waals surface area contributed by atoms with Crippen molar-refractivity contribution in [2.75, 3.05) is 11.5 Å². The van der Waals surface area contributed by atoms with Gasteiger partial charge in [0.1, 0.15) is 5.75 Å². The van der Waals surface area contributed by atoms with Gasteiger partial charge in [-0.3, -0.25) is 4.79 Å². The molecule has 0 saturated carbocycles. The highest BCUT2D eigenvalue weighted by Crippen LogP contribution is 2.24. The number of benzene rings is 1. The first-order valence-corrected chi connectivity index (χ1v) is 11.3. The minimum atomic E-state index is -3.07. The fourth-order valence-electron chi connectivity index (χ4n) is 3.07. The lowest BCUT2D eigenvalue weighted by Crippen LogP contribution is -2.40. The van der Waals surface area contributed by atoms with E-state index < -0.39 is 9.84 Å². The average molecular weight is 394 g/mol. The van der Waals surface area contributed by atoms with Crippen LogP contribution in [-0.2, 0) is 16.4 Å². The third-order valence-corrected chi connectivity index (χ3v) is 6.90. The Bertz CT molecular complexity index is 842. The summed E-state index contributed by atoms with van der Waals surface area (Å²) < 4.78 is 29.4. The van der Waals surface area contributed by atoms with Gasteiger partial charge in [0.25, 0.3) is 5.91 Å². The first-order chi connectivity index (χ1) is 12.3. The van der Waals surface area contributed by atoms with Gasteiger partial charge in [-0.1, -0.05) is 6.07 Å². The normalized spacial score (nSPS) is 18.8. The summed E-state index contributed by atoms with van der Waals surface area (Å²) in [6.45, 7) is 4.33. The Morgan fingerprint density at radius 3 is 2.54 bits per heavy atom. The van der Waals surface area contributed by atoms with Crippen molar-refractivity contribution in [1.29, 1.82) is 0 Å². The smallest absolute Gasteiger partial charge is 0.254 e. The van der Waals surface area contributed by atoms with Gasteiger partial charge in [0.2, 0.25) is 0 Å². The zero-order valence-electron chi connectivity index (χ0n) is 14.9. The average Bonchev–Trinajstić information content (AvgIpc) is 3.21. The monoisotopic (exact) mass is 393 g/mol. The van der Waals surface area contributed by atoms with E-state index in [4.69, 9.17) is 4.74 Å². The number of carbonyl (C=O) groups is 1. The SMILES string of the molecule is CC(C)Oc1ccc(C(=O)N(Cc2cccs2)[C@@H]2CCS(=O)(=O)C2)cc1. The second-order valence-corrected chi connectivity index (χ2v) is 10.0. The number of sulfone groups is 1. The van der Waals surface area contributed by atoms with Crippen molar-refractivity contribution in [3.8, 4) is 5.75 Å². The summed E-state index contributed by atoms with van der Waals surface area (Å²) in [6, 6.07) is 10.7. The number of nitrogens with zero attached hydrogens (tertiary/aromatic N) is 1. The van der Waals surface area contributed by atoms with E-state index in [0.29, 0.717) is 24.3 Å². The van der Waals surface area contributed by atoms with Crippen LogP contribution in [0.25, 0.3) is 0 Å². The van der Waals surface area contributed by atoms with Crippen LogP contribution >= 0.6 is 11.3 Å². The number of hydrogen-bond acceptors (Lipinski definition) is 5. The summed E-state index contributed by atoms with van der Waals surface area (Å²) in [5.74, 6) is 0.757. The Morgan fingerprint density at radius 2 is 2.00 bits per heavy atom. The lowest BCUT2D eigenvalue weighted by atomic mass is 10.1. The van der Waals surface area contributed by atoms with E-state index in [-0.39, 0.29) is 29.6 Å². The predicted molar refractivity (Wildman–Crippen MR) is 103 cm³/mol. The Balaban J connectivity index is 1.82. The maximum atomic E-state index is 13.1. The van der Waals surface area contributed by atoms with Gasteiger partial charge in [0.15, 0.2) is 9.84 Å². The molecular formula is C19H23NO4S2. The molecule has 2 heterocycles. The minimum absolute atomic E-state index is 0.0403. The molecule has 1 aliphatic heterocycles. The largest absolute Gasteiger partial charge is 0.491 e. The van der Waals surface area contributed by atoms with Crippen LogP contribution < -0.4 is 4.74 Å². The maximum absolute atomic E-state index is 13.1. The fourth-order valence-corrected chi connectivity index (χ4v) is 5.51. The van der Waals surface area contributed by atoms with Crippen LogP contribution in [0.1, 0.15) is 35.5 Å². The lowest BCUT2D eigenvalue weighted by molar-refractivity contribution is 0.0683. The summed E-state index contributed by atoms with van der Waals surface area (Å²) >= 11 is 1.57. The molecule has 1 atom stereocenters. The van der Waals surface area contributed by atoms with Gasteiger partial charge < -0.3 is 9.64 Å². The molecule has 1 aliphatic rings. The van der Waals surface area contributed by atoms with Gasteiger partial charge in [0, 0.05) is 16.5 Å². The summed E-state index contributed by atoms with van der Waals surface area (Å²) in [5, 5.41) is 1.96. The molecule has 1 aromatic heterocycles. The lowest BCUT2D eigenvalue weighted by Gasteiger charge is -2.28. The second kappa shape index (κ2) is 7.80. The predicted octanol–water partition coefficient (Wildman–Crippen LogP) is 3.36. The van der Waals surface area contributed by atoms with Gasteiger partial charge in [-0.2, -0.15) is 0 Å². The van der Waals surface area contributed by atoms with Gasteiger partial charge in [-0.25, -0.2) is 8.42 Å². The van der Waals surface area contributed by atoms with Crippen LogP contribution in [-0.4, -0.2) is 42.9 Å². The summed E-state index contributed by atoms with van der Waals surface area (Å²) in [7, 11) is -3.07. The van der Waals surface area contributed by atoms with E-state index in [1.54, 1.807) is 40.5 Å². The number of thiophene rings is 1. The highest BCUT2D eigenvalue weighted by Gasteiger charge is 2.35. The van der Waals surface area contributed by atoms with Crippen molar-refractivity contribution in [3.63, 3.8) is 0 Å². The standard InChI is InChI=1S/C19H23NO4S2/c1-14(2)24-17-7-5-15(6-8-17)19(21)20(12-18-4-3-10-25-18)16-9-11-26(22,23)13-16/h3-8,10,14,16H,9,11-13H2,1-2H3/t16-/m1/s1. The van der Waals surface area contributed by atoms with E-state index >= 15 is 0 Å². The zero-order chi connectivity index (χ0) is 18.7. The second-order valence-electron chi connectivity index (χ2n) is 6.76. The summed E-state index contributed by atoms with van der Waals surface area (Å²) in [6.07, 6.45) is 0.559. The molecular weight excluding hydrogens is 370 g/mol. The number of rotatable bonds is 6. The third kappa shape index (κ3) is 4.65. The first kappa shape index (κ1) is 18.9. The summed E-state index contributed by atoms with van der Waals surface area (Å²) in [4.78, 5) is 15.8.